The summed E-state index contributed by atoms with van der Waals surface area (Å²) in [4.78, 5) is 12.8. The third-order valence-electron chi connectivity index (χ3n) is 1.74. The maximum absolute atomic E-state index is 8.57. The number of nitrogens with zero attached hydrogens (tertiary/aromatic N) is 1. The van der Waals surface area contributed by atoms with Gasteiger partial charge in [0, 0.05) is 22.8 Å². The van der Waals surface area contributed by atoms with Gasteiger partial charge in [-0.3, -0.25) is 9.78 Å². The van der Waals surface area contributed by atoms with Crippen LogP contribution in [0, 0.1) is 0 Å². The fourth-order valence-corrected chi connectivity index (χ4v) is 1.19. The van der Waals surface area contributed by atoms with Crippen molar-refractivity contribution in [1.82, 2.24) is 4.98 Å². The van der Waals surface area contributed by atoms with E-state index in [4.69, 9.17) is 16.4 Å². The maximum Gasteiger partial charge on any atom is 0.208 e. The number of carbonyl (C=O) groups excluding carboxylic acids is 1. The van der Waals surface area contributed by atoms with Gasteiger partial charge in [-0.1, -0.05) is 11.6 Å². The first kappa shape index (κ1) is 10.5. The zero-order chi connectivity index (χ0) is 9.68. The monoisotopic (exact) mass is 217 g/mol. The second kappa shape index (κ2) is 5.20. The van der Waals surface area contributed by atoms with E-state index in [1.807, 2.05) is 12.1 Å². The lowest BCUT2D eigenvalue weighted by molar-refractivity contribution is 0.569. The lowest BCUT2D eigenvalue weighted by atomic mass is 10.2. The number of pyridine rings is 1. The fourth-order valence-electron chi connectivity index (χ4n) is 1.02. The first-order chi connectivity index (χ1) is 6.27. The molecular weight excluding hydrogens is 209 g/mol. The van der Waals surface area contributed by atoms with E-state index in [0.717, 1.165) is 10.7 Å². The van der Waals surface area contributed by atoms with Crippen LogP contribution in [0.4, 0.5) is 0 Å². The minimum atomic E-state index is 0.222. The molecule has 1 heterocycles. The van der Waals surface area contributed by atoms with E-state index in [2.05, 4.69) is 16.6 Å². The van der Waals surface area contributed by atoms with Gasteiger partial charge in [-0.15, -0.1) is 0 Å². The molecule has 1 fully saturated rings. The van der Waals surface area contributed by atoms with Crippen molar-refractivity contribution in [3.8, 4) is 0 Å². The van der Waals surface area contributed by atoms with Crippen molar-refractivity contribution in [1.29, 1.82) is 0 Å². The second-order valence-electron chi connectivity index (χ2n) is 2.76. The Morgan fingerprint density at radius 2 is 2.15 bits per heavy atom. The molecule has 0 radical (unpaired) electrons. The van der Waals surface area contributed by atoms with Crippen molar-refractivity contribution in [3.05, 3.63) is 29.0 Å². The molecule has 0 aliphatic heterocycles. The van der Waals surface area contributed by atoms with Crippen molar-refractivity contribution in [2.45, 2.75) is 18.8 Å². The van der Waals surface area contributed by atoms with Gasteiger partial charge in [0.05, 0.1) is 0 Å². The molecule has 2 nitrogen and oxygen atoms in total. The Hall–Kier alpha value is -0.600. The third kappa shape index (κ3) is 3.75. The first-order valence-corrected chi connectivity index (χ1v) is 4.74. The molecule has 0 bridgehead atoms. The molecule has 0 N–H and O–H groups in total. The maximum atomic E-state index is 8.57. The van der Waals surface area contributed by atoms with E-state index in [9.17, 15) is 0 Å². The topological polar surface area (TPSA) is 30.0 Å². The summed E-state index contributed by atoms with van der Waals surface area (Å²) in [5, 5.41) is 0.803. The van der Waals surface area contributed by atoms with Crippen molar-refractivity contribution in [2.24, 2.45) is 0 Å². The Balaban J connectivity index is 0.000000251. The van der Waals surface area contributed by atoms with Crippen LogP contribution in [0.1, 0.15) is 24.5 Å². The molecule has 4 heteroatoms. The summed E-state index contributed by atoms with van der Waals surface area (Å²) in [5.41, 5.74) is 1.16. The van der Waals surface area contributed by atoms with Crippen LogP contribution >= 0.6 is 23.2 Å². The van der Waals surface area contributed by atoms with Gasteiger partial charge >= 0.3 is 0 Å². The second-order valence-corrected chi connectivity index (χ2v) is 3.38. The quantitative estimate of drug-likeness (QED) is 0.535. The van der Waals surface area contributed by atoms with Crippen LogP contribution in [0.15, 0.2) is 18.3 Å². The predicted octanol–water partition coefficient (Wildman–Crippen LogP) is 3.03. The molecule has 0 saturated heterocycles. The normalized spacial score (nSPS) is 14.3. The molecule has 1 aliphatic carbocycles. The molecule has 0 unspecified atom stereocenters. The summed E-state index contributed by atoms with van der Waals surface area (Å²) in [6.45, 7) is 0. The summed E-state index contributed by atoms with van der Waals surface area (Å²) in [6, 6.07) is 3.77. The average molecular weight is 218 g/mol. The van der Waals surface area contributed by atoms with Crippen LogP contribution in [0.2, 0.25) is 5.02 Å². The van der Waals surface area contributed by atoms with Crippen LogP contribution in [0.3, 0.4) is 0 Å². The molecule has 1 aliphatic rings. The number of hydrogen-bond acceptors (Lipinski definition) is 2. The van der Waals surface area contributed by atoms with Gasteiger partial charge in [-0.25, -0.2) is 0 Å². The summed E-state index contributed by atoms with van der Waals surface area (Å²) >= 11 is 10.1. The van der Waals surface area contributed by atoms with Crippen LogP contribution in [-0.2, 0) is 4.79 Å². The molecular formula is C9H9Cl2NO. The van der Waals surface area contributed by atoms with Crippen molar-refractivity contribution in [2.75, 3.05) is 0 Å². The van der Waals surface area contributed by atoms with E-state index < -0.39 is 0 Å². The Morgan fingerprint density at radius 3 is 2.62 bits per heavy atom. The largest absolute Gasteiger partial charge is 0.285 e. The molecule has 0 aromatic carbocycles. The van der Waals surface area contributed by atoms with Crippen molar-refractivity contribution >= 4 is 28.9 Å². The smallest absolute Gasteiger partial charge is 0.208 e. The Bertz CT molecular complexity index is 287. The standard InChI is InChI=1S/C8H8ClN.CHClO/c9-7-3-4-10-8(5-7)6-1-2-6;2-1-3/h3-6H,1-2H2;1H. The fraction of sp³-hybridized carbons (Fsp3) is 0.333. The van der Waals surface area contributed by atoms with Crippen LogP contribution in [0.25, 0.3) is 0 Å². The van der Waals surface area contributed by atoms with E-state index in [0.29, 0.717) is 5.92 Å². The highest BCUT2D eigenvalue weighted by atomic mass is 35.5. The summed E-state index contributed by atoms with van der Waals surface area (Å²) in [7, 11) is 0. The molecule has 13 heavy (non-hydrogen) atoms. The van der Waals surface area contributed by atoms with Crippen LogP contribution < -0.4 is 0 Å². The van der Waals surface area contributed by atoms with E-state index in [-0.39, 0.29) is 5.75 Å². The highest BCUT2D eigenvalue weighted by Crippen LogP contribution is 2.39. The summed E-state index contributed by atoms with van der Waals surface area (Å²) < 4.78 is 0. The molecule has 2 rings (SSSR count). The highest BCUT2D eigenvalue weighted by Gasteiger charge is 2.24. The molecule has 1 aromatic heterocycles. The summed E-state index contributed by atoms with van der Waals surface area (Å²) in [5.74, 6) is 0.929. The van der Waals surface area contributed by atoms with Crippen LogP contribution in [0.5, 0.6) is 0 Å². The predicted molar refractivity (Wildman–Crippen MR) is 53.8 cm³/mol. The number of carbonyl (C=O) groups is 1. The molecule has 1 aromatic rings. The highest BCUT2D eigenvalue weighted by molar-refractivity contribution is 6.54. The minimum Gasteiger partial charge on any atom is -0.285 e. The molecule has 1 saturated carbocycles. The zero-order valence-electron chi connectivity index (χ0n) is 6.91. The number of halogens is 2. The Labute approximate surface area is 86.9 Å². The van der Waals surface area contributed by atoms with Gasteiger partial charge in [-0.2, -0.15) is 0 Å². The Kier molecular flexibility index (Phi) is 4.19. The third-order valence-corrected chi connectivity index (χ3v) is 1.97. The van der Waals surface area contributed by atoms with Crippen molar-refractivity contribution in [3.63, 3.8) is 0 Å². The SMILES string of the molecule is Clc1ccnc(C2CC2)c1.O=CCl. The Morgan fingerprint density at radius 1 is 1.54 bits per heavy atom. The van der Waals surface area contributed by atoms with Gasteiger partial charge in [0.15, 0.2) is 0 Å². The lowest BCUT2D eigenvalue weighted by Crippen LogP contribution is -1.82. The number of hydrogen-bond donors (Lipinski definition) is 0. The number of rotatable bonds is 1. The van der Waals surface area contributed by atoms with Gasteiger partial charge < -0.3 is 0 Å². The van der Waals surface area contributed by atoms with Crippen LogP contribution in [-0.4, -0.2) is 10.7 Å². The van der Waals surface area contributed by atoms with E-state index >= 15 is 0 Å². The van der Waals surface area contributed by atoms with Gasteiger partial charge in [-0.05, 0) is 36.6 Å². The lowest BCUT2D eigenvalue weighted by Gasteiger charge is -1.94. The molecule has 70 valence electrons. The van der Waals surface area contributed by atoms with Gasteiger partial charge in [0.25, 0.3) is 0 Å². The zero-order valence-corrected chi connectivity index (χ0v) is 8.42. The average Bonchev–Trinajstić information content (AvgIpc) is 2.87. The minimum absolute atomic E-state index is 0.222. The molecule has 0 spiro atoms. The first-order valence-electron chi connectivity index (χ1n) is 3.93. The van der Waals surface area contributed by atoms with E-state index in [1.54, 1.807) is 6.20 Å². The molecule has 0 amide bonds. The van der Waals surface area contributed by atoms with Gasteiger partial charge in [0.1, 0.15) is 0 Å². The van der Waals surface area contributed by atoms with Crippen molar-refractivity contribution < 1.29 is 4.79 Å². The number of aromatic nitrogens is 1. The van der Waals surface area contributed by atoms with Gasteiger partial charge in [0.2, 0.25) is 5.75 Å². The molecule has 0 atom stereocenters. The summed E-state index contributed by atoms with van der Waals surface area (Å²) in [6.07, 6.45) is 4.34. The van der Waals surface area contributed by atoms with E-state index in [1.165, 1.54) is 12.8 Å².